The molecule has 6 heteroatoms. The maximum Gasteiger partial charge on any atom is 0.332 e. The summed E-state index contributed by atoms with van der Waals surface area (Å²) in [6.45, 7) is 3.51. The summed E-state index contributed by atoms with van der Waals surface area (Å²) in [5.74, 6) is 1.34. The molecule has 1 saturated heterocycles. The Morgan fingerprint density at radius 3 is 2.50 bits per heavy atom. The number of morpholine rings is 1. The highest BCUT2D eigenvalue weighted by Gasteiger charge is 2.37. The van der Waals surface area contributed by atoms with Crippen molar-refractivity contribution in [3.63, 3.8) is 0 Å². The lowest BCUT2D eigenvalue weighted by atomic mass is 10.1. The van der Waals surface area contributed by atoms with Crippen molar-refractivity contribution in [2.75, 3.05) is 18.0 Å². The number of hydrogen-bond acceptors (Lipinski definition) is 4. The molecule has 2 atom stereocenters. The SMILES string of the molecule is CC1CN(c2cc(=O)n(C)c(=O)n2C)CC(C2CC2)O1. The van der Waals surface area contributed by atoms with E-state index in [1.165, 1.54) is 19.9 Å². The van der Waals surface area contributed by atoms with Crippen LogP contribution in [-0.2, 0) is 18.8 Å². The first kappa shape index (κ1) is 13.4. The lowest BCUT2D eigenvalue weighted by molar-refractivity contribution is -0.0275. The van der Waals surface area contributed by atoms with Crippen molar-refractivity contribution in [1.82, 2.24) is 9.13 Å². The predicted octanol–water partition coefficient (Wildman–Crippen LogP) is 0.0877. The average Bonchev–Trinajstić information content (AvgIpc) is 3.24. The summed E-state index contributed by atoms with van der Waals surface area (Å²) in [5.41, 5.74) is -0.542. The van der Waals surface area contributed by atoms with Crippen molar-refractivity contribution in [2.24, 2.45) is 20.0 Å². The highest BCUT2D eigenvalue weighted by molar-refractivity contribution is 5.39. The van der Waals surface area contributed by atoms with E-state index in [0.717, 1.165) is 11.1 Å². The van der Waals surface area contributed by atoms with Gasteiger partial charge in [0.1, 0.15) is 5.82 Å². The van der Waals surface area contributed by atoms with Crippen LogP contribution in [0.4, 0.5) is 5.82 Å². The van der Waals surface area contributed by atoms with E-state index < -0.39 is 0 Å². The molecule has 1 aliphatic carbocycles. The molecule has 2 fully saturated rings. The van der Waals surface area contributed by atoms with E-state index in [1.54, 1.807) is 17.7 Å². The molecule has 1 aliphatic heterocycles. The zero-order valence-electron chi connectivity index (χ0n) is 12.2. The maximum absolute atomic E-state index is 12.0. The van der Waals surface area contributed by atoms with Crippen molar-refractivity contribution < 1.29 is 4.74 Å². The summed E-state index contributed by atoms with van der Waals surface area (Å²) >= 11 is 0. The number of ether oxygens (including phenoxy) is 1. The molecule has 0 amide bonds. The van der Waals surface area contributed by atoms with Crippen LogP contribution in [0.25, 0.3) is 0 Å². The van der Waals surface area contributed by atoms with Crippen LogP contribution in [0.5, 0.6) is 0 Å². The lowest BCUT2D eigenvalue weighted by Gasteiger charge is -2.38. The molecule has 6 nitrogen and oxygen atoms in total. The van der Waals surface area contributed by atoms with Crippen LogP contribution in [0.2, 0.25) is 0 Å². The normalized spacial score (nSPS) is 26.9. The van der Waals surface area contributed by atoms with Gasteiger partial charge in [-0.1, -0.05) is 0 Å². The van der Waals surface area contributed by atoms with Crippen LogP contribution in [0.1, 0.15) is 19.8 Å². The van der Waals surface area contributed by atoms with Gasteiger partial charge in [0.2, 0.25) is 0 Å². The average molecular weight is 279 g/mol. The maximum atomic E-state index is 12.0. The van der Waals surface area contributed by atoms with Crippen LogP contribution in [-0.4, -0.2) is 34.4 Å². The Hall–Kier alpha value is -1.56. The van der Waals surface area contributed by atoms with E-state index in [2.05, 4.69) is 4.90 Å². The van der Waals surface area contributed by atoms with Gasteiger partial charge in [0, 0.05) is 33.3 Å². The van der Waals surface area contributed by atoms with E-state index >= 15 is 0 Å². The molecule has 20 heavy (non-hydrogen) atoms. The van der Waals surface area contributed by atoms with Gasteiger partial charge in [-0.25, -0.2) is 4.79 Å². The smallest absolute Gasteiger partial charge is 0.332 e. The number of hydrogen-bond donors (Lipinski definition) is 0. The number of anilines is 1. The predicted molar refractivity (Wildman–Crippen MR) is 76.2 cm³/mol. The summed E-state index contributed by atoms with van der Waals surface area (Å²) in [5, 5.41) is 0. The second-order valence-electron chi connectivity index (χ2n) is 5.97. The second kappa shape index (κ2) is 4.77. The number of aromatic nitrogens is 2. The molecule has 2 heterocycles. The molecule has 0 bridgehead atoms. The van der Waals surface area contributed by atoms with Crippen molar-refractivity contribution >= 4 is 5.82 Å². The van der Waals surface area contributed by atoms with Crippen molar-refractivity contribution in [1.29, 1.82) is 0 Å². The standard InChI is InChI=1S/C14H21N3O3/c1-9-7-17(8-11(20-9)10-4-5-10)12-6-13(18)16(3)14(19)15(12)2/h6,9-11H,4-5,7-8H2,1-3H3. The molecule has 2 unspecified atom stereocenters. The molecular formula is C14H21N3O3. The van der Waals surface area contributed by atoms with Crippen LogP contribution in [0, 0.1) is 5.92 Å². The topological polar surface area (TPSA) is 56.5 Å². The molecule has 1 aromatic heterocycles. The van der Waals surface area contributed by atoms with Crippen molar-refractivity contribution in [3.05, 3.63) is 26.9 Å². The van der Waals surface area contributed by atoms with Gasteiger partial charge in [-0.15, -0.1) is 0 Å². The first-order valence-electron chi connectivity index (χ1n) is 7.15. The Kier molecular flexibility index (Phi) is 3.20. The van der Waals surface area contributed by atoms with Gasteiger partial charge in [0.15, 0.2) is 0 Å². The summed E-state index contributed by atoms with van der Waals surface area (Å²) in [7, 11) is 3.22. The fraction of sp³-hybridized carbons (Fsp3) is 0.714. The van der Waals surface area contributed by atoms with Crippen LogP contribution in [0.15, 0.2) is 15.7 Å². The van der Waals surface area contributed by atoms with Crippen LogP contribution >= 0.6 is 0 Å². The Balaban J connectivity index is 1.95. The van der Waals surface area contributed by atoms with E-state index in [4.69, 9.17) is 4.74 Å². The van der Waals surface area contributed by atoms with Gasteiger partial charge in [-0.05, 0) is 25.7 Å². The number of rotatable bonds is 2. The first-order valence-corrected chi connectivity index (χ1v) is 7.15. The highest BCUT2D eigenvalue weighted by Crippen LogP contribution is 2.37. The Morgan fingerprint density at radius 2 is 1.85 bits per heavy atom. The Morgan fingerprint density at radius 1 is 1.15 bits per heavy atom. The van der Waals surface area contributed by atoms with Gasteiger partial charge in [0.25, 0.3) is 5.56 Å². The summed E-state index contributed by atoms with van der Waals surface area (Å²) in [4.78, 5) is 26.0. The van der Waals surface area contributed by atoms with Crippen molar-refractivity contribution in [2.45, 2.75) is 32.0 Å². The molecule has 1 saturated carbocycles. The fourth-order valence-electron chi connectivity index (χ4n) is 2.93. The molecule has 0 aromatic carbocycles. The molecule has 0 radical (unpaired) electrons. The minimum absolute atomic E-state index is 0.119. The largest absolute Gasteiger partial charge is 0.371 e. The van der Waals surface area contributed by atoms with Crippen LogP contribution in [0.3, 0.4) is 0 Å². The molecule has 1 aromatic rings. The zero-order valence-corrected chi connectivity index (χ0v) is 12.2. The van der Waals surface area contributed by atoms with Gasteiger partial charge in [-0.2, -0.15) is 0 Å². The quantitative estimate of drug-likeness (QED) is 0.770. The van der Waals surface area contributed by atoms with E-state index in [9.17, 15) is 9.59 Å². The molecule has 110 valence electrons. The van der Waals surface area contributed by atoms with E-state index in [0.29, 0.717) is 18.3 Å². The second-order valence-corrected chi connectivity index (χ2v) is 5.97. The molecule has 0 N–H and O–H groups in total. The monoisotopic (exact) mass is 279 g/mol. The lowest BCUT2D eigenvalue weighted by Crippen LogP contribution is -2.50. The fourth-order valence-corrected chi connectivity index (χ4v) is 2.93. The minimum Gasteiger partial charge on any atom is -0.371 e. The van der Waals surface area contributed by atoms with Crippen LogP contribution < -0.4 is 16.1 Å². The zero-order chi connectivity index (χ0) is 14.4. The summed E-state index contributed by atoms with van der Waals surface area (Å²) < 4.78 is 8.65. The third-order valence-electron chi connectivity index (χ3n) is 4.26. The molecule has 0 spiro atoms. The molecule has 3 rings (SSSR count). The minimum atomic E-state index is -0.283. The Labute approximate surface area is 117 Å². The number of nitrogens with zero attached hydrogens (tertiary/aromatic N) is 3. The third-order valence-corrected chi connectivity index (χ3v) is 4.26. The third kappa shape index (κ3) is 2.28. The van der Waals surface area contributed by atoms with E-state index in [1.807, 2.05) is 6.92 Å². The summed E-state index contributed by atoms with van der Waals surface area (Å²) in [6, 6.07) is 1.55. The highest BCUT2D eigenvalue weighted by atomic mass is 16.5. The van der Waals surface area contributed by atoms with Gasteiger partial charge >= 0.3 is 5.69 Å². The molecule has 2 aliphatic rings. The van der Waals surface area contributed by atoms with Gasteiger partial charge < -0.3 is 9.64 Å². The molecular weight excluding hydrogens is 258 g/mol. The Bertz CT molecular complexity index is 630. The van der Waals surface area contributed by atoms with E-state index in [-0.39, 0.29) is 23.5 Å². The van der Waals surface area contributed by atoms with Crippen molar-refractivity contribution in [3.8, 4) is 0 Å². The summed E-state index contributed by atoms with van der Waals surface area (Å²) in [6.07, 6.45) is 2.79. The van der Waals surface area contributed by atoms with Gasteiger partial charge in [0.05, 0.1) is 12.2 Å². The van der Waals surface area contributed by atoms with Gasteiger partial charge in [-0.3, -0.25) is 13.9 Å². The first-order chi connectivity index (χ1) is 9.47.